The third kappa shape index (κ3) is 9.39. The fraction of sp³-hybridized carbons (Fsp3) is 0.944. The maximum atomic E-state index is 10.7. The zero-order chi connectivity index (χ0) is 14.5. The van der Waals surface area contributed by atoms with Gasteiger partial charge < -0.3 is 5.32 Å². The zero-order valence-corrected chi connectivity index (χ0v) is 13.6. The van der Waals surface area contributed by atoms with Crippen LogP contribution in [-0.4, -0.2) is 11.9 Å². The fourth-order valence-electron chi connectivity index (χ4n) is 3.01. The normalized spacial score (nSPS) is 17.9. The van der Waals surface area contributed by atoms with E-state index in [1.807, 2.05) is 0 Å². The average Bonchev–Trinajstić information content (AvgIpc) is 2.41. The molecule has 1 atom stereocenters. The molecule has 1 fully saturated rings. The molecule has 0 saturated carbocycles. The molecule has 0 aromatic rings. The summed E-state index contributed by atoms with van der Waals surface area (Å²) < 4.78 is 0. The van der Waals surface area contributed by atoms with Crippen LogP contribution >= 0.6 is 0 Å². The molecule has 0 spiro atoms. The second-order valence-corrected chi connectivity index (χ2v) is 6.50. The van der Waals surface area contributed by atoms with Crippen molar-refractivity contribution in [2.45, 2.75) is 109 Å². The van der Waals surface area contributed by atoms with Crippen LogP contribution in [0.15, 0.2) is 0 Å². The van der Waals surface area contributed by atoms with Gasteiger partial charge in [0.1, 0.15) is 0 Å². The Kier molecular flexibility index (Phi) is 10.7. The molecule has 1 aliphatic heterocycles. The monoisotopic (exact) mass is 281 g/mol. The van der Waals surface area contributed by atoms with Gasteiger partial charge in [-0.05, 0) is 6.42 Å². The quantitative estimate of drug-likeness (QED) is 0.337. The number of hydrogen-bond acceptors (Lipinski definition) is 1. The highest BCUT2D eigenvalue weighted by molar-refractivity contribution is 5.82. The van der Waals surface area contributed by atoms with Crippen LogP contribution in [0.25, 0.3) is 0 Å². The summed E-state index contributed by atoms with van der Waals surface area (Å²) in [6.45, 7) is 2.28. The summed E-state index contributed by atoms with van der Waals surface area (Å²) in [6, 6.07) is 0.509. The van der Waals surface area contributed by atoms with E-state index in [4.69, 9.17) is 0 Å². The molecule has 1 aliphatic rings. The highest BCUT2D eigenvalue weighted by Crippen LogP contribution is 2.15. The lowest BCUT2D eigenvalue weighted by molar-refractivity contribution is -0.128. The predicted molar refractivity (Wildman–Crippen MR) is 86.9 cm³/mol. The molecule has 1 amide bonds. The molecule has 1 N–H and O–H groups in total. The van der Waals surface area contributed by atoms with E-state index >= 15 is 0 Å². The Bertz CT molecular complexity index is 232. The smallest absolute Gasteiger partial charge is 0.222 e. The van der Waals surface area contributed by atoms with E-state index in [-0.39, 0.29) is 5.91 Å². The Hall–Kier alpha value is -0.530. The predicted octanol–water partition coefficient (Wildman–Crippen LogP) is 5.36. The van der Waals surface area contributed by atoms with Crippen molar-refractivity contribution in [2.24, 2.45) is 0 Å². The zero-order valence-electron chi connectivity index (χ0n) is 13.6. The van der Waals surface area contributed by atoms with Crippen LogP contribution in [0.4, 0.5) is 0 Å². The van der Waals surface area contributed by atoms with E-state index in [1.54, 1.807) is 0 Å². The van der Waals surface area contributed by atoms with Gasteiger partial charge in [0.15, 0.2) is 0 Å². The van der Waals surface area contributed by atoms with Gasteiger partial charge in [-0.1, -0.05) is 90.4 Å². The molecule has 0 aliphatic carbocycles. The first-order valence-corrected chi connectivity index (χ1v) is 9.12. The van der Waals surface area contributed by atoms with Crippen LogP contribution < -0.4 is 5.32 Å². The molecule has 20 heavy (non-hydrogen) atoms. The molecule has 1 saturated heterocycles. The highest BCUT2D eigenvalue weighted by atomic mass is 16.2. The summed E-state index contributed by atoms with van der Waals surface area (Å²) in [5.74, 6) is 0.240. The van der Waals surface area contributed by atoms with Crippen molar-refractivity contribution in [2.75, 3.05) is 0 Å². The molecule has 1 heterocycles. The Balaban J connectivity index is 1.65. The number of carbonyl (C=O) groups is 1. The van der Waals surface area contributed by atoms with Gasteiger partial charge in [-0.15, -0.1) is 0 Å². The second-order valence-electron chi connectivity index (χ2n) is 6.50. The van der Waals surface area contributed by atoms with Crippen LogP contribution in [0, 0.1) is 0 Å². The SMILES string of the molecule is CCCCCCCCCCCCCCCC1CC(=O)N1. The lowest BCUT2D eigenvalue weighted by atomic mass is 9.98. The van der Waals surface area contributed by atoms with Crippen LogP contribution in [0.3, 0.4) is 0 Å². The largest absolute Gasteiger partial charge is 0.353 e. The molecule has 0 radical (unpaired) electrons. The van der Waals surface area contributed by atoms with Gasteiger partial charge in [-0.2, -0.15) is 0 Å². The number of β-lactam (4-membered cyclic amide) rings is 1. The Labute approximate surface area is 126 Å². The van der Waals surface area contributed by atoms with Crippen molar-refractivity contribution in [3.8, 4) is 0 Å². The van der Waals surface area contributed by atoms with Gasteiger partial charge >= 0.3 is 0 Å². The van der Waals surface area contributed by atoms with Gasteiger partial charge in [0.25, 0.3) is 0 Å². The van der Waals surface area contributed by atoms with Crippen LogP contribution in [0.1, 0.15) is 103 Å². The summed E-state index contributed by atoms with van der Waals surface area (Å²) in [5, 5.41) is 2.95. The summed E-state index contributed by atoms with van der Waals surface area (Å²) in [5.41, 5.74) is 0. The van der Waals surface area contributed by atoms with E-state index in [1.165, 1.54) is 89.9 Å². The van der Waals surface area contributed by atoms with E-state index in [0.29, 0.717) is 6.04 Å². The lowest BCUT2D eigenvalue weighted by Crippen LogP contribution is -2.48. The first kappa shape index (κ1) is 17.5. The average molecular weight is 281 g/mol. The Morgan fingerprint density at radius 3 is 1.60 bits per heavy atom. The molecular weight excluding hydrogens is 246 g/mol. The molecular formula is C18H35NO. The van der Waals surface area contributed by atoms with E-state index in [9.17, 15) is 4.79 Å². The van der Waals surface area contributed by atoms with Crippen LogP contribution in [-0.2, 0) is 4.79 Å². The summed E-state index contributed by atoms with van der Waals surface area (Å²) >= 11 is 0. The summed E-state index contributed by atoms with van der Waals surface area (Å²) in [6.07, 6.45) is 20.3. The number of nitrogens with one attached hydrogen (secondary N) is 1. The molecule has 1 rings (SSSR count). The van der Waals surface area contributed by atoms with Crippen molar-refractivity contribution < 1.29 is 4.79 Å². The minimum absolute atomic E-state index is 0.240. The Morgan fingerprint density at radius 1 is 0.800 bits per heavy atom. The topological polar surface area (TPSA) is 29.1 Å². The standard InChI is InChI=1S/C18H35NO/c1-2-3-4-5-6-7-8-9-10-11-12-13-14-15-17-16-18(20)19-17/h17H,2-16H2,1H3,(H,19,20). The number of hydrogen-bond donors (Lipinski definition) is 1. The van der Waals surface area contributed by atoms with E-state index < -0.39 is 0 Å². The molecule has 1 unspecified atom stereocenters. The number of amides is 1. The maximum Gasteiger partial charge on any atom is 0.222 e. The van der Waals surface area contributed by atoms with Crippen molar-refractivity contribution in [3.05, 3.63) is 0 Å². The maximum absolute atomic E-state index is 10.7. The third-order valence-electron chi connectivity index (χ3n) is 4.45. The number of rotatable bonds is 14. The van der Waals surface area contributed by atoms with Crippen LogP contribution in [0.2, 0.25) is 0 Å². The molecule has 0 aromatic heterocycles. The molecule has 118 valence electrons. The number of unbranched alkanes of at least 4 members (excludes halogenated alkanes) is 12. The van der Waals surface area contributed by atoms with E-state index in [0.717, 1.165) is 6.42 Å². The minimum atomic E-state index is 0.240. The first-order chi connectivity index (χ1) is 9.83. The van der Waals surface area contributed by atoms with E-state index in [2.05, 4.69) is 12.2 Å². The van der Waals surface area contributed by atoms with Crippen molar-refractivity contribution in [3.63, 3.8) is 0 Å². The van der Waals surface area contributed by atoms with Gasteiger partial charge in [-0.3, -0.25) is 4.79 Å². The molecule has 2 heteroatoms. The first-order valence-electron chi connectivity index (χ1n) is 9.12. The Morgan fingerprint density at radius 2 is 1.20 bits per heavy atom. The highest BCUT2D eigenvalue weighted by Gasteiger charge is 2.23. The molecule has 0 aromatic carbocycles. The van der Waals surface area contributed by atoms with Crippen molar-refractivity contribution in [1.82, 2.24) is 5.32 Å². The van der Waals surface area contributed by atoms with Gasteiger partial charge in [0.05, 0.1) is 0 Å². The van der Waals surface area contributed by atoms with Gasteiger partial charge in [0, 0.05) is 12.5 Å². The van der Waals surface area contributed by atoms with Crippen molar-refractivity contribution >= 4 is 5.91 Å². The summed E-state index contributed by atoms with van der Waals surface area (Å²) in [4.78, 5) is 10.7. The lowest BCUT2D eigenvalue weighted by Gasteiger charge is -2.26. The van der Waals surface area contributed by atoms with Crippen LogP contribution in [0.5, 0.6) is 0 Å². The summed E-state index contributed by atoms with van der Waals surface area (Å²) in [7, 11) is 0. The fourth-order valence-corrected chi connectivity index (χ4v) is 3.01. The van der Waals surface area contributed by atoms with Gasteiger partial charge in [0.2, 0.25) is 5.91 Å². The second kappa shape index (κ2) is 12.2. The molecule has 0 bridgehead atoms. The number of carbonyl (C=O) groups excluding carboxylic acids is 1. The third-order valence-corrected chi connectivity index (χ3v) is 4.45. The van der Waals surface area contributed by atoms with Gasteiger partial charge in [-0.25, -0.2) is 0 Å². The van der Waals surface area contributed by atoms with Crippen molar-refractivity contribution in [1.29, 1.82) is 0 Å². The minimum Gasteiger partial charge on any atom is -0.353 e. The molecule has 2 nitrogen and oxygen atoms in total.